The van der Waals surface area contributed by atoms with Gasteiger partial charge in [-0.25, -0.2) is 0 Å². The van der Waals surface area contributed by atoms with Crippen molar-refractivity contribution in [2.45, 2.75) is 57.8 Å². The van der Waals surface area contributed by atoms with Crippen LogP contribution in [0.25, 0.3) is 0 Å². The fourth-order valence-corrected chi connectivity index (χ4v) is 3.23. The zero-order valence-corrected chi connectivity index (χ0v) is 15.2. The Bertz CT molecular complexity index is 656. The monoisotopic (exact) mass is 339 g/mol. The largest absolute Gasteiger partial charge is 0.549 e. The van der Waals surface area contributed by atoms with E-state index >= 15 is 0 Å². The van der Waals surface area contributed by atoms with Crippen LogP contribution >= 0.6 is 0 Å². The number of para-hydroxylation sites is 2. The summed E-state index contributed by atoms with van der Waals surface area (Å²) in [4.78, 5) is 12.3. The molecule has 134 valence electrons. The average molecular weight is 339 g/mol. The Labute approximate surface area is 150 Å². The van der Waals surface area contributed by atoms with Crippen LogP contribution in [0.4, 0.5) is 0 Å². The lowest BCUT2D eigenvalue weighted by atomic mass is 9.72. The molecule has 25 heavy (non-hydrogen) atoms. The summed E-state index contributed by atoms with van der Waals surface area (Å²) in [6.07, 6.45) is 4.72. The van der Waals surface area contributed by atoms with Gasteiger partial charge in [-0.1, -0.05) is 75.9 Å². The molecule has 2 aromatic carbocycles. The third-order valence-corrected chi connectivity index (χ3v) is 4.68. The van der Waals surface area contributed by atoms with Crippen molar-refractivity contribution < 1.29 is 14.6 Å². The highest BCUT2D eigenvalue weighted by Crippen LogP contribution is 2.41. The molecule has 0 aliphatic rings. The molecule has 0 N–H and O–H groups in total. The van der Waals surface area contributed by atoms with Crippen molar-refractivity contribution in [3.63, 3.8) is 0 Å². The average Bonchev–Trinajstić information content (AvgIpc) is 2.63. The molecule has 0 amide bonds. The molecule has 0 fully saturated rings. The fourth-order valence-electron chi connectivity index (χ4n) is 3.23. The zero-order valence-electron chi connectivity index (χ0n) is 15.2. The summed E-state index contributed by atoms with van der Waals surface area (Å²) >= 11 is 0. The first-order chi connectivity index (χ1) is 12.1. The number of aliphatic carboxylic acids is 1. The highest BCUT2D eigenvalue weighted by molar-refractivity contribution is 5.80. The number of unbranched alkanes of at least 4 members (excludes halogenated alkanes) is 2. The minimum atomic E-state index is -1.00. The molecule has 0 aliphatic heterocycles. The lowest BCUT2D eigenvalue weighted by molar-refractivity contribution is -0.314. The predicted octanol–water partition coefficient (Wildman–Crippen LogP) is 4.85. The van der Waals surface area contributed by atoms with E-state index in [1.165, 1.54) is 0 Å². The van der Waals surface area contributed by atoms with Gasteiger partial charge < -0.3 is 14.6 Å². The summed E-state index contributed by atoms with van der Waals surface area (Å²) < 4.78 is 6.03. The van der Waals surface area contributed by atoms with Crippen LogP contribution in [0.1, 0.15) is 57.9 Å². The summed E-state index contributed by atoms with van der Waals surface area (Å²) in [6.45, 7) is 4.15. The van der Waals surface area contributed by atoms with Crippen LogP contribution in [-0.2, 0) is 10.2 Å². The number of hydrogen-bond acceptors (Lipinski definition) is 3. The van der Waals surface area contributed by atoms with Gasteiger partial charge in [0.1, 0.15) is 11.5 Å². The Balaban J connectivity index is 2.46. The second kappa shape index (κ2) is 9.26. The first-order valence-corrected chi connectivity index (χ1v) is 9.18. The maximum absolute atomic E-state index is 12.3. The minimum Gasteiger partial charge on any atom is -0.549 e. The molecule has 0 radical (unpaired) electrons. The van der Waals surface area contributed by atoms with E-state index in [4.69, 9.17) is 4.74 Å². The molecule has 2 aromatic rings. The topological polar surface area (TPSA) is 49.4 Å². The van der Waals surface area contributed by atoms with E-state index in [2.05, 4.69) is 13.8 Å². The second-order valence-electron chi connectivity index (χ2n) is 6.49. The minimum absolute atomic E-state index is 0.570. The second-order valence-corrected chi connectivity index (χ2v) is 6.49. The molecule has 0 bridgehead atoms. The van der Waals surface area contributed by atoms with Crippen LogP contribution in [0.3, 0.4) is 0 Å². The van der Waals surface area contributed by atoms with E-state index in [9.17, 15) is 9.90 Å². The maximum Gasteiger partial charge on any atom is 0.131 e. The number of carboxylic acids is 1. The van der Waals surface area contributed by atoms with Gasteiger partial charge >= 0.3 is 0 Å². The number of carbonyl (C=O) groups is 1. The van der Waals surface area contributed by atoms with Gasteiger partial charge in [-0.05, 0) is 31.0 Å². The number of ether oxygens (including phenoxy) is 1. The van der Waals surface area contributed by atoms with E-state index in [1.54, 1.807) is 0 Å². The summed E-state index contributed by atoms with van der Waals surface area (Å²) in [7, 11) is 0. The first-order valence-electron chi connectivity index (χ1n) is 9.18. The summed E-state index contributed by atoms with van der Waals surface area (Å²) in [5, 5.41) is 12.3. The lowest BCUT2D eigenvalue weighted by Gasteiger charge is -2.37. The number of hydrogen-bond donors (Lipinski definition) is 0. The van der Waals surface area contributed by atoms with Crippen LogP contribution in [-0.4, -0.2) is 5.97 Å². The van der Waals surface area contributed by atoms with Gasteiger partial charge in [-0.3, -0.25) is 0 Å². The molecule has 0 heterocycles. The molecule has 0 spiro atoms. The molecular weight excluding hydrogens is 312 g/mol. The van der Waals surface area contributed by atoms with E-state index in [-0.39, 0.29) is 0 Å². The Hall–Kier alpha value is -2.29. The molecule has 0 saturated carbocycles. The number of benzene rings is 2. The first kappa shape index (κ1) is 19.0. The van der Waals surface area contributed by atoms with Crippen LogP contribution in [0, 0.1) is 0 Å². The Morgan fingerprint density at radius 2 is 1.48 bits per heavy atom. The molecule has 3 heteroatoms. The molecule has 0 unspecified atom stereocenters. The summed E-state index contributed by atoms with van der Waals surface area (Å²) in [5.74, 6) is 0.303. The number of carboxylic acid groups (broad SMARTS) is 1. The van der Waals surface area contributed by atoms with Crippen molar-refractivity contribution in [2.24, 2.45) is 0 Å². The lowest BCUT2D eigenvalue weighted by Crippen LogP contribution is -2.46. The molecule has 2 rings (SSSR count). The van der Waals surface area contributed by atoms with Gasteiger partial charge in [-0.15, -0.1) is 0 Å². The van der Waals surface area contributed by atoms with Gasteiger partial charge in [0.25, 0.3) is 0 Å². The highest BCUT2D eigenvalue weighted by atomic mass is 16.5. The van der Waals surface area contributed by atoms with Gasteiger partial charge in [0.15, 0.2) is 0 Å². The summed E-state index contributed by atoms with van der Waals surface area (Å²) in [5.41, 5.74) is -0.280. The fraction of sp³-hybridized carbons (Fsp3) is 0.409. The van der Waals surface area contributed by atoms with E-state index in [1.807, 2.05) is 54.6 Å². The zero-order chi connectivity index (χ0) is 18.1. The predicted molar refractivity (Wildman–Crippen MR) is 98.7 cm³/mol. The quantitative estimate of drug-likeness (QED) is 0.622. The third-order valence-electron chi connectivity index (χ3n) is 4.68. The summed E-state index contributed by atoms with van der Waals surface area (Å²) in [6, 6.07) is 16.9. The maximum atomic E-state index is 12.3. The van der Waals surface area contributed by atoms with Crippen LogP contribution in [0.2, 0.25) is 0 Å². The van der Waals surface area contributed by atoms with Crippen molar-refractivity contribution >= 4 is 5.97 Å². The standard InChI is InChI=1S/C22H28O3/c1-3-5-16-22(21(23)24,17-6-4-2)19-14-10-11-15-20(19)25-18-12-8-7-9-13-18/h7-15H,3-6,16-17H2,1-2H3,(H,23,24)/p-1. The highest BCUT2D eigenvalue weighted by Gasteiger charge is 2.35. The molecule has 0 aliphatic carbocycles. The van der Waals surface area contributed by atoms with E-state index < -0.39 is 11.4 Å². The van der Waals surface area contributed by atoms with Crippen molar-refractivity contribution in [2.75, 3.05) is 0 Å². The molecule has 0 aromatic heterocycles. The number of carbonyl (C=O) groups excluding carboxylic acids is 1. The third kappa shape index (κ3) is 4.62. The van der Waals surface area contributed by atoms with Gasteiger partial charge in [0.05, 0.1) is 5.97 Å². The Morgan fingerprint density at radius 3 is 2.04 bits per heavy atom. The Kier molecular flexibility index (Phi) is 7.05. The smallest absolute Gasteiger partial charge is 0.131 e. The van der Waals surface area contributed by atoms with Crippen LogP contribution in [0.5, 0.6) is 11.5 Å². The van der Waals surface area contributed by atoms with Crippen LogP contribution in [0.15, 0.2) is 54.6 Å². The number of rotatable bonds is 10. The van der Waals surface area contributed by atoms with Crippen molar-refractivity contribution in [3.8, 4) is 11.5 Å². The van der Waals surface area contributed by atoms with Gasteiger partial charge in [-0.2, -0.15) is 0 Å². The van der Waals surface area contributed by atoms with E-state index in [0.29, 0.717) is 24.3 Å². The molecular formula is C22H27O3-. The van der Waals surface area contributed by atoms with Crippen molar-refractivity contribution in [3.05, 3.63) is 60.2 Å². The van der Waals surface area contributed by atoms with Crippen molar-refractivity contribution in [1.82, 2.24) is 0 Å². The van der Waals surface area contributed by atoms with Gasteiger partial charge in [0, 0.05) is 11.0 Å². The Morgan fingerprint density at radius 1 is 0.920 bits per heavy atom. The van der Waals surface area contributed by atoms with E-state index in [0.717, 1.165) is 31.2 Å². The van der Waals surface area contributed by atoms with Crippen LogP contribution < -0.4 is 9.84 Å². The van der Waals surface area contributed by atoms with Crippen molar-refractivity contribution in [1.29, 1.82) is 0 Å². The normalized spacial score (nSPS) is 11.3. The molecule has 0 saturated heterocycles. The molecule has 3 nitrogen and oxygen atoms in total. The SMILES string of the molecule is CCCCC(CCCC)(C(=O)[O-])c1ccccc1Oc1ccccc1. The van der Waals surface area contributed by atoms with Gasteiger partial charge in [0.2, 0.25) is 0 Å². The molecule has 0 atom stereocenters.